The standard InChI is InChI=1S/C22H25FN2O.ClH/c23-20-7-5-17(6-8-20)9-12-24-13-10-18(11-14-24)15-25-16-19-3-1-2-4-21(19)22(25)26;/h1-8,18H,9-16H2;1H. The summed E-state index contributed by atoms with van der Waals surface area (Å²) >= 11 is 0. The average molecular weight is 389 g/mol. The van der Waals surface area contributed by atoms with Crippen LogP contribution in [0, 0.1) is 11.7 Å². The summed E-state index contributed by atoms with van der Waals surface area (Å²) in [6.45, 7) is 4.83. The topological polar surface area (TPSA) is 23.6 Å². The normalized spacial score (nSPS) is 17.7. The zero-order valence-corrected chi connectivity index (χ0v) is 16.3. The molecule has 0 aliphatic carbocycles. The molecule has 1 fully saturated rings. The van der Waals surface area contributed by atoms with Crippen LogP contribution in [0.25, 0.3) is 0 Å². The Labute approximate surface area is 166 Å². The van der Waals surface area contributed by atoms with Crippen molar-refractivity contribution in [2.24, 2.45) is 5.92 Å². The van der Waals surface area contributed by atoms with Crippen molar-refractivity contribution in [1.82, 2.24) is 9.80 Å². The fraction of sp³-hybridized carbons (Fsp3) is 0.409. The fourth-order valence-electron chi connectivity index (χ4n) is 4.10. The summed E-state index contributed by atoms with van der Waals surface area (Å²) < 4.78 is 13.0. The molecule has 144 valence electrons. The van der Waals surface area contributed by atoms with E-state index >= 15 is 0 Å². The molecule has 2 aromatic rings. The van der Waals surface area contributed by atoms with Gasteiger partial charge in [-0.2, -0.15) is 0 Å². The van der Waals surface area contributed by atoms with E-state index in [1.807, 2.05) is 35.2 Å². The van der Waals surface area contributed by atoms with Crippen LogP contribution in [-0.2, 0) is 13.0 Å². The number of hydrogen-bond acceptors (Lipinski definition) is 2. The van der Waals surface area contributed by atoms with Crippen LogP contribution in [0.4, 0.5) is 4.39 Å². The number of amides is 1. The monoisotopic (exact) mass is 388 g/mol. The van der Waals surface area contributed by atoms with E-state index in [0.717, 1.165) is 63.1 Å². The van der Waals surface area contributed by atoms with E-state index in [0.29, 0.717) is 5.92 Å². The third-order valence-electron chi connectivity index (χ3n) is 5.71. The highest BCUT2D eigenvalue weighted by Gasteiger charge is 2.29. The molecule has 1 amide bonds. The number of nitrogens with zero attached hydrogens (tertiary/aromatic N) is 2. The molecular formula is C22H26ClFN2O. The molecule has 2 aliphatic heterocycles. The number of carbonyl (C=O) groups is 1. The summed E-state index contributed by atoms with van der Waals surface area (Å²) in [5.74, 6) is 0.614. The first-order chi connectivity index (χ1) is 12.7. The lowest BCUT2D eigenvalue weighted by Crippen LogP contribution is -2.39. The molecule has 0 radical (unpaired) electrons. The molecule has 0 saturated carbocycles. The van der Waals surface area contributed by atoms with Crippen molar-refractivity contribution in [2.75, 3.05) is 26.2 Å². The van der Waals surface area contributed by atoms with Gasteiger partial charge in [0.15, 0.2) is 0 Å². The molecule has 27 heavy (non-hydrogen) atoms. The Morgan fingerprint density at radius 2 is 1.70 bits per heavy atom. The zero-order valence-electron chi connectivity index (χ0n) is 15.4. The number of fused-ring (bicyclic) bond motifs is 1. The number of hydrogen-bond donors (Lipinski definition) is 0. The second kappa shape index (κ2) is 8.85. The van der Waals surface area contributed by atoms with Crippen molar-refractivity contribution in [2.45, 2.75) is 25.8 Å². The molecule has 4 rings (SSSR count). The first kappa shape index (κ1) is 19.8. The lowest BCUT2D eigenvalue weighted by atomic mass is 9.96. The fourth-order valence-corrected chi connectivity index (χ4v) is 4.10. The van der Waals surface area contributed by atoms with Crippen molar-refractivity contribution in [1.29, 1.82) is 0 Å². The SMILES string of the molecule is Cl.O=C1c2ccccc2CN1CC1CCN(CCc2ccc(F)cc2)CC1. The van der Waals surface area contributed by atoms with Crippen molar-refractivity contribution in [3.63, 3.8) is 0 Å². The lowest BCUT2D eigenvalue weighted by Gasteiger charge is -2.33. The smallest absolute Gasteiger partial charge is 0.254 e. The number of benzene rings is 2. The van der Waals surface area contributed by atoms with Crippen LogP contribution in [-0.4, -0.2) is 41.9 Å². The highest BCUT2D eigenvalue weighted by atomic mass is 35.5. The van der Waals surface area contributed by atoms with Gasteiger partial charge in [0.05, 0.1) is 0 Å². The van der Waals surface area contributed by atoms with Crippen molar-refractivity contribution in [3.05, 3.63) is 71.0 Å². The third kappa shape index (κ3) is 4.69. The number of piperidine rings is 1. The van der Waals surface area contributed by atoms with E-state index in [1.54, 1.807) is 0 Å². The van der Waals surface area contributed by atoms with Gasteiger partial charge in [-0.05, 0) is 67.6 Å². The van der Waals surface area contributed by atoms with E-state index in [1.165, 1.54) is 17.7 Å². The van der Waals surface area contributed by atoms with Gasteiger partial charge in [-0.1, -0.05) is 30.3 Å². The van der Waals surface area contributed by atoms with Crippen LogP contribution in [0.5, 0.6) is 0 Å². The van der Waals surface area contributed by atoms with Crippen LogP contribution >= 0.6 is 12.4 Å². The van der Waals surface area contributed by atoms with Gasteiger partial charge in [-0.3, -0.25) is 4.79 Å². The molecular weight excluding hydrogens is 363 g/mol. The second-order valence-corrected chi connectivity index (χ2v) is 7.50. The molecule has 3 nitrogen and oxygen atoms in total. The molecule has 2 heterocycles. The molecule has 0 unspecified atom stereocenters. The van der Waals surface area contributed by atoms with Crippen LogP contribution in [0.3, 0.4) is 0 Å². The van der Waals surface area contributed by atoms with E-state index in [2.05, 4.69) is 11.0 Å². The van der Waals surface area contributed by atoms with E-state index < -0.39 is 0 Å². The first-order valence-electron chi connectivity index (χ1n) is 9.53. The molecule has 2 aromatic carbocycles. The first-order valence-corrected chi connectivity index (χ1v) is 9.53. The van der Waals surface area contributed by atoms with Crippen molar-refractivity contribution < 1.29 is 9.18 Å². The van der Waals surface area contributed by atoms with Crippen LogP contribution in [0.15, 0.2) is 48.5 Å². The predicted molar refractivity (Wildman–Crippen MR) is 108 cm³/mol. The average Bonchev–Trinajstić information content (AvgIpc) is 2.98. The van der Waals surface area contributed by atoms with Gasteiger partial charge < -0.3 is 9.80 Å². The van der Waals surface area contributed by atoms with Crippen LogP contribution < -0.4 is 0 Å². The summed E-state index contributed by atoms with van der Waals surface area (Å²) in [6, 6.07) is 14.8. The second-order valence-electron chi connectivity index (χ2n) is 7.50. The minimum absolute atomic E-state index is 0. The maximum Gasteiger partial charge on any atom is 0.254 e. The molecule has 0 N–H and O–H groups in total. The third-order valence-corrected chi connectivity index (χ3v) is 5.71. The summed E-state index contributed by atoms with van der Waals surface area (Å²) in [4.78, 5) is 17.0. The predicted octanol–water partition coefficient (Wildman–Crippen LogP) is 4.16. The summed E-state index contributed by atoms with van der Waals surface area (Å²) in [6.07, 6.45) is 3.25. The number of rotatable bonds is 5. The van der Waals surface area contributed by atoms with Crippen molar-refractivity contribution >= 4 is 18.3 Å². The molecule has 0 bridgehead atoms. The quantitative estimate of drug-likeness (QED) is 0.767. The minimum Gasteiger partial charge on any atom is -0.334 e. The van der Waals surface area contributed by atoms with Gasteiger partial charge in [0.25, 0.3) is 5.91 Å². The van der Waals surface area contributed by atoms with E-state index in [4.69, 9.17) is 0 Å². The minimum atomic E-state index is -0.173. The van der Waals surface area contributed by atoms with Crippen LogP contribution in [0.1, 0.15) is 34.3 Å². The van der Waals surface area contributed by atoms with Gasteiger partial charge in [-0.15, -0.1) is 12.4 Å². The van der Waals surface area contributed by atoms with Gasteiger partial charge in [0, 0.05) is 25.2 Å². The van der Waals surface area contributed by atoms with Crippen molar-refractivity contribution in [3.8, 4) is 0 Å². The maximum absolute atomic E-state index is 13.0. The molecule has 0 aromatic heterocycles. The summed E-state index contributed by atoms with van der Waals surface area (Å²) in [5, 5.41) is 0. The van der Waals surface area contributed by atoms with Crippen LogP contribution in [0.2, 0.25) is 0 Å². The Hall–Kier alpha value is -1.91. The number of halogens is 2. The Balaban J connectivity index is 0.00000210. The molecule has 2 aliphatic rings. The number of carbonyl (C=O) groups excluding carboxylic acids is 1. The molecule has 0 spiro atoms. The van der Waals surface area contributed by atoms with Gasteiger partial charge in [0.2, 0.25) is 0 Å². The lowest BCUT2D eigenvalue weighted by molar-refractivity contribution is 0.0714. The van der Waals surface area contributed by atoms with Gasteiger partial charge in [0.1, 0.15) is 5.82 Å². The maximum atomic E-state index is 13.0. The van der Waals surface area contributed by atoms with Gasteiger partial charge >= 0.3 is 0 Å². The Bertz CT molecular complexity index is 772. The summed E-state index contributed by atoms with van der Waals surface area (Å²) in [7, 11) is 0. The summed E-state index contributed by atoms with van der Waals surface area (Å²) in [5.41, 5.74) is 3.23. The number of likely N-dealkylation sites (tertiary alicyclic amines) is 1. The molecule has 1 saturated heterocycles. The van der Waals surface area contributed by atoms with E-state index in [9.17, 15) is 9.18 Å². The largest absolute Gasteiger partial charge is 0.334 e. The highest BCUT2D eigenvalue weighted by molar-refractivity contribution is 5.98. The highest BCUT2D eigenvalue weighted by Crippen LogP contribution is 2.26. The Kier molecular flexibility index (Phi) is 6.51. The molecule has 5 heteroatoms. The Morgan fingerprint density at radius 1 is 1.00 bits per heavy atom. The Morgan fingerprint density at radius 3 is 2.41 bits per heavy atom. The molecule has 0 atom stereocenters. The zero-order chi connectivity index (χ0) is 17.9. The van der Waals surface area contributed by atoms with E-state index in [-0.39, 0.29) is 24.1 Å². The van der Waals surface area contributed by atoms with Gasteiger partial charge in [-0.25, -0.2) is 4.39 Å².